The minimum absolute atomic E-state index is 0.0801. The number of rotatable bonds is 5. The maximum absolute atomic E-state index is 12.3. The number of likely N-dealkylation sites (tertiary alicyclic amines) is 1. The molecule has 0 aromatic carbocycles. The van der Waals surface area contributed by atoms with Crippen LogP contribution in [0.5, 0.6) is 0 Å². The Morgan fingerprint density at radius 3 is 2.76 bits per heavy atom. The van der Waals surface area contributed by atoms with E-state index < -0.39 is 0 Å². The van der Waals surface area contributed by atoms with Crippen molar-refractivity contribution in [3.63, 3.8) is 0 Å². The fourth-order valence-corrected chi connectivity index (χ4v) is 4.36. The fourth-order valence-electron chi connectivity index (χ4n) is 4.36. The first-order valence-corrected chi connectivity index (χ1v) is 10.2. The molecule has 2 aromatic heterocycles. The molecule has 2 aromatic rings. The third-order valence-corrected chi connectivity index (χ3v) is 5.81. The molecule has 2 amide bonds. The van der Waals surface area contributed by atoms with Crippen molar-refractivity contribution in [2.24, 2.45) is 0 Å². The molecule has 0 bridgehead atoms. The zero-order chi connectivity index (χ0) is 20.5. The number of hydrogen-bond donors (Lipinski definition) is 2. The van der Waals surface area contributed by atoms with E-state index in [0.29, 0.717) is 11.6 Å². The summed E-state index contributed by atoms with van der Waals surface area (Å²) in [4.78, 5) is 26.3. The van der Waals surface area contributed by atoms with E-state index in [1.807, 2.05) is 31.7 Å². The lowest BCUT2D eigenvalue weighted by atomic mass is 9.97. The number of aromatic nitrogens is 3. The summed E-state index contributed by atoms with van der Waals surface area (Å²) in [5.74, 6) is 1.01. The molecule has 1 saturated heterocycles. The van der Waals surface area contributed by atoms with Crippen LogP contribution in [-0.4, -0.2) is 50.4 Å². The highest BCUT2D eigenvalue weighted by Gasteiger charge is 2.39. The van der Waals surface area contributed by atoms with Crippen molar-refractivity contribution in [2.45, 2.75) is 77.0 Å². The number of nitrogens with zero attached hydrogens (tertiary/aromatic N) is 3. The van der Waals surface area contributed by atoms with Gasteiger partial charge in [0.15, 0.2) is 5.82 Å². The van der Waals surface area contributed by atoms with Gasteiger partial charge in [-0.2, -0.15) is 5.10 Å². The predicted molar refractivity (Wildman–Crippen MR) is 104 cm³/mol. The van der Waals surface area contributed by atoms with Gasteiger partial charge >= 0.3 is 6.09 Å². The molecule has 3 heterocycles. The van der Waals surface area contributed by atoms with Gasteiger partial charge in [0.2, 0.25) is 5.91 Å². The standard InChI is InChI=1S/C20H27N5O4/c1-11-6-16(29-24-11)9-19(26)21-18-10-17(22-23-18)14-4-5-15(8-14)28-20(27)25-12(2)7-13(25)3/h6,10,12-15H,4-5,7-9H2,1-3H3,(H2,21,22,23,26)/t12-,13+,14-,15+/m0/s1. The van der Waals surface area contributed by atoms with Crippen LogP contribution in [0.25, 0.3) is 0 Å². The molecule has 2 N–H and O–H groups in total. The Balaban J connectivity index is 1.27. The van der Waals surface area contributed by atoms with Crippen molar-refractivity contribution < 1.29 is 18.8 Å². The summed E-state index contributed by atoms with van der Waals surface area (Å²) in [6.45, 7) is 5.90. The van der Waals surface area contributed by atoms with Crippen molar-refractivity contribution in [3.8, 4) is 0 Å². The Morgan fingerprint density at radius 1 is 1.28 bits per heavy atom. The fraction of sp³-hybridized carbons (Fsp3) is 0.600. The monoisotopic (exact) mass is 401 g/mol. The number of amides is 2. The molecule has 1 aliphatic heterocycles. The van der Waals surface area contributed by atoms with Crippen LogP contribution in [0.15, 0.2) is 16.7 Å². The van der Waals surface area contributed by atoms with Crippen LogP contribution in [0.1, 0.15) is 62.6 Å². The van der Waals surface area contributed by atoms with Gasteiger partial charge in [-0.3, -0.25) is 9.89 Å². The molecule has 4 atom stereocenters. The lowest BCUT2D eigenvalue weighted by molar-refractivity contribution is -0.115. The molecule has 1 aliphatic carbocycles. The zero-order valence-corrected chi connectivity index (χ0v) is 17.0. The molecule has 2 fully saturated rings. The van der Waals surface area contributed by atoms with E-state index in [0.717, 1.165) is 37.1 Å². The van der Waals surface area contributed by atoms with Gasteiger partial charge in [-0.25, -0.2) is 4.79 Å². The summed E-state index contributed by atoms with van der Waals surface area (Å²) in [5, 5.41) is 13.7. The van der Waals surface area contributed by atoms with E-state index in [-0.39, 0.29) is 42.5 Å². The maximum Gasteiger partial charge on any atom is 0.410 e. The summed E-state index contributed by atoms with van der Waals surface area (Å²) in [5.41, 5.74) is 1.68. The van der Waals surface area contributed by atoms with E-state index in [9.17, 15) is 9.59 Å². The number of aromatic amines is 1. The van der Waals surface area contributed by atoms with Gasteiger partial charge in [-0.15, -0.1) is 0 Å². The molecule has 0 unspecified atom stereocenters. The second kappa shape index (κ2) is 7.88. The molecule has 1 saturated carbocycles. The zero-order valence-electron chi connectivity index (χ0n) is 17.0. The molecule has 9 nitrogen and oxygen atoms in total. The number of anilines is 1. The van der Waals surface area contributed by atoms with E-state index in [1.54, 1.807) is 6.07 Å². The molecule has 0 radical (unpaired) electrons. The smallest absolute Gasteiger partial charge is 0.410 e. The Hall–Kier alpha value is -2.84. The van der Waals surface area contributed by atoms with Gasteiger partial charge in [0, 0.05) is 35.8 Å². The Bertz CT molecular complexity index is 883. The third kappa shape index (κ3) is 4.28. The summed E-state index contributed by atoms with van der Waals surface area (Å²) < 4.78 is 10.8. The molecule has 0 spiro atoms. The number of nitrogens with one attached hydrogen (secondary N) is 2. The quantitative estimate of drug-likeness (QED) is 0.796. The minimum atomic E-state index is -0.213. The first-order valence-electron chi connectivity index (χ1n) is 10.2. The Labute approximate surface area is 169 Å². The second-order valence-electron chi connectivity index (χ2n) is 8.22. The van der Waals surface area contributed by atoms with E-state index in [2.05, 4.69) is 20.7 Å². The van der Waals surface area contributed by atoms with Crippen molar-refractivity contribution in [1.82, 2.24) is 20.3 Å². The lowest BCUT2D eigenvalue weighted by Crippen LogP contribution is -2.56. The first-order chi connectivity index (χ1) is 13.9. The van der Waals surface area contributed by atoms with E-state index in [1.165, 1.54) is 0 Å². The summed E-state index contributed by atoms with van der Waals surface area (Å²) >= 11 is 0. The lowest BCUT2D eigenvalue weighted by Gasteiger charge is -2.44. The van der Waals surface area contributed by atoms with Gasteiger partial charge < -0.3 is 19.5 Å². The van der Waals surface area contributed by atoms with Gasteiger partial charge in [-0.05, 0) is 46.5 Å². The molecule has 2 aliphatic rings. The number of carbonyl (C=O) groups excluding carboxylic acids is 2. The molecule has 9 heteroatoms. The average molecular weight is 401 g/mol. The van der Waals surface area contributed by atoms with Crippen molar-refractivity contribution >= 4 is 17.8 Å². The third-order valence-electron chi connectivity index (χ3n) is 5.81. The van der Waals surface area contributed by atoms with Crippen LogP contribution in [0, 0.1) is 6.92 Å². The predicted octanol–water partition coefficient (Wildman–Crippen LogP) is 3.14. The molecular weight excluding hydrogens is 374 g/mol. The molecule has 156 valence electrons. The maximum atomic E-state index is 12.3. The highest BCUT2D eigenvalue weighted by Crippen LogP contribution is 2.37. The summed E-state index contributed by atoms with van der Waals surface area (Å²) in [7, 11) is 0. The topological polar surface area (TPSA) is 113 Å². The average Bonchev–Trinajstić information content (AvgIpc) is 3.36. The van der Waals surface area contributed by atoms with Crippen molar-refractivity contribution in [3.05, 3.63) is 29.3 Å². The SMILES string of the molecule is Cc1cc(CC(=O)Nc2cc([C@H]3CC[C@@H](OC(=O)N4[C@H](C)C[C@@H]4C)C3)[nH]n2)on1. The highest BCUT2D eigenvalue weighted by molar-refractivity contribution is 5.91. The number of ether oxygens (including phenoxy) is 1. The van der Waals surface area contributed by atoms with Gasteiger partial charge in [0.05, 0.1) is 12.1 Å². The van der Waals surface area contributed by atoms with Gasteiger partial charge in [-0.1, -0.05) is 5.16 Å². The molecule has 4 rings (SSSR count). The van der Waals surface area contributed by atoms with Crippen LogP contribution in [0.4, 0.5) is 10.6 Å². The van der Waals surface area contributed by atoms with Gasteiger partial charge in [0.25, 0.3) is 0 Å². The van der Waals surface area contributed by atoms with Crippen LogP contribution >= 0.6 is 0 Å². The van der Waals surface area contributed by atoms with E-state index >= 15 is 0 Å². The van der Waals surface area contributed by atoms with Crippen LogP contribution < -0.4 is 5.32 Å². The van der Waals surface area contributed by atoms with Crippen LogP contribution in [0.2, 0.25) is 0 Å². The number of carbonyl (C=O) groups is 2. The van der Waals surface area contributed by atoms with Gasteiger partial charge in [0.1, 0.15) is 11.9 Å². The van der Waals surface area contributed by atoms with Crippen molar-refractivity contribution in [2.75, 3.05) is 5.32 Å². The number of hydrogen-bond acceptors (Lipinski definition) is 6. The number of aryl methyl sites for hydroxylation is 1. The Morgan fingerprint density at radius 2 is 2.07 bits per heavy atom. The van der Waals surface area contributed by atoms with Crippen LogP contribution in [-0.2, 0) is 16.0 Å². The Kier molecular flexibility index (Phi) is 5.29. The minimum Gasteiger partial charge on any atom is -0.446 e. The van der Waals surface area contributed by atoms with Crippen LogP contribution in [0.3, 0.4) is 0 Å². The normalized spacial score (nSPS) is 26.2. The highest BCUT2D eigenvalue weighted by atomic mass is 16.6. The molecular formula is C20H27N5O4. The first kappa shape index (κ1) is 19.5. The second-order valence-corrected chi connectivity index (χ2v) is 8.22. The van der Waals surface area contributed by atoms with E-state index in [4.69, 9.17) is 9.26 Å². The summed E-state index contributed by atoms with van der Waals surface area (Å²) in [6.07, 6.45) is 3.36. The number of H-pyrrole nitrogens is 1. The molecule has 29 heavy (non-hydrogen) atoms. The largest absolute Gasteiger partial charge is 0.446 e. The van der Waals surface area contributed by atoms with Crippen molar-refractivity contribution in [1.29, 1.82) is 0 Å². The summed E-state index contributed by atoms with van der Waals surface area (Å²) in [6, 6.07) is 4.10.